The van der Waals surface area contributed by atoms with E-state index in [0.29, 0.717) is 30.5 Å². The van der Waals surface area contributed by atoms with Crippen LogP contribution in [0.25, 0.3) is 0 Å². The van der Waals surface area contributed by atoms with E-state index in [9.17, 15) is 9.50 Å². The predicted molar refractivity (Wildman–Crippen MR) is 104 cm³/mol. The van der Waals surface area contributed by atoms with Crippen LogP contribution in [0.1, 0.15) is 25.3 Å². The lowest BCUT2D eigenvalue weighted by Crippen LogP contribution is -2.51. The summed E-state index contributed by atoms with van der Waals surface area (Å²) < 4.78 is 24.8. The number of hydrogen-bond acceptors (Lipinski definition) is 4. The normalized spacial score (nSPS) is 18.7. The van der Waals surface area contributed by atoms with Gasteiger partial charge in [-0.3, -0.25) is 5.32 Å². The van der Waals surface area contributed by atoms with E-state index in [1.807, 2.05) is 24.3 Å². The third kappa shape index (κ3) is 4.99. The number of benzene rings is 2. The average molecular weight is 394 g/mol. The Balaban J connectivity index is 1.76. The number of para-hydroxylation sites is 1. The molecule has 1 aliphatic rings. The second-order valence-electron chi connectivity index (χ2n) is 6.99. The molecule has 0 radical (unpaired) electrons. The first-order valence-electron chi connectivity index (χ1n) is 9.17. The second kappa shape index (κ2) is 9.02. The summed E-state index contributed by atoms with van der Waals surface area (Å²) in [5.41, 5.74) is 0.852. The van der Waals surface area contributed by atoms with E-state index in [1.165, 1.54) is 12.1 Å². The first-order chi connectivity index (χ1) is 13.0. The van der Waals surface area contributed by atoms with Gasteiger partial charge < -0.3 is 14.6 Å². The van der Waals surface area contributed by atoms with E-state index in [2.05, 4.69) is 5.32 Å². The van der Waals surface area contributed by atoms with Gasteiger partial charge in [0, 0.05) is 25.2 Å². The predicted octanol–water partition coefficient (Wildman–Crippen LogP) is 3.90. The average Bonchev–Trinajstić information content (AvgIpc) is 2.67. The SMILES string of the molecule is CC(O)C(NCC1(c2ccc(F)cc2)CCOCC1)Oc1ccccc1Cl. The van der Waals surface area contributed by atoms with E-state index in [1.54, 1.807) is 19.1 Å². The van der Waals surface area contributed by atoms with Crippen LogP contribution in [-0.4, -0.2) is 37.2 Å². The standard InChI is InChI=1S/C21H25ClFNO3/c1-15(25)20(27-19-5-3-2-4-18(19)22)24-14-21(10-12-26-13-11-21)16-6-8-17(23)9-7-16/h2-9,15,20,24-25H,10-14H2,1H3. The second-order valence-corrected chi connectivity index (χ2v) is 7.40. The van der Waals surface area contributed by atoms with Crippen molar-refractivity contribution in [2.75, 3.05) is 19.8 Å². The van der Waals surface area contributed by atoms with Crippen molar-refractivity contribution in [2.24, 2.45) is 0 Å². The largest absolute Gasteiger partial charge is 0.471 e. The number of halogens is 2. The smallest absolute Gasteiger partial charge is 0.176 e. The molecule has 4 nitrogen and oxygen atoms in total. The highest BCUT2D eigenvalue weighted by atomic mass is 35.5. The van der Waals surface area contributed by atoms with Crippen molar-refractivity contribution < 1.29 is 19.0 Å². The number of ether oxygens (including phenoxy) is 2. The number of aliphatic hydroxyl groups excluding tert-OH is 1. The van der Waals surface area contributed by atoms with Crippen molar-refractivity contribution in [2.45, 2.75) is 37.5 Å². The number of aliphatic hydroxyl groups is 1. The lowest BCUT2D eigenvalue weighted by molar-refractivity contribution is 0.00927. The molecule has 146 valence electrons. The maximum Gasteiger partial charge on any atom is 0.176 e. The van der Waals surface area contributed by atoms with Crippen molar-refractivity contribution in [1.29, 1.82) is 0 Å². The zero-order chi connectivity index (χ0) is 19.3. The molecular weight excluding hydrogens is 369 g/mol. The quantitative estimate of drug-likeness (QED) is 0.700. The Labute approximate surface area is 164 Å². The number of rotatable bonds is 7. The first kappa shape index (κ1) is 20.1. The van der Waals surface area contributed by atoms with Gasteiger partial charge in [0.25, 0.3) is 0 Å². The fraction of sp³-hybridized carbons (Fsp3) is 0.429. The first-order valence-corrected chi connectivity index (χ1v) is 9.54. The Morgan fingerprint density at radius 3 is 2.48 bits per heavy atom. The molecule has 2 atom stereocenters. The molecule has 0 aromatic heterocycles. The lowest BCUT2D eigenvalue weighted by Gasteiger charge is -2.39. The van der Waals surface area contributed by atoms with Crippen molar-refractivity contribution >= 4 is 11.6 Å². The molecule has 0 spiro atoms. The van der Waals surface area contributed by atoms with Gasteiger partial charge in [0.2, 0.25) is 0 Å². The molecule has 2 unspecified atom stereocenters. The van der Waals surface area contributed by atoms with Crippen LogP contribution in [0, 0.1) is 5.82 Å². The Morgan fingerprint density at radius 2 is 1.85 bits per heavy atom. The van der Waals surface area contributed by atoms with Crippen molar-refractivity contribution in [3.63, 3.8) is 0 Å². The van der Waals surface area contributed by atoms with Crippen LogP contribution < -0.4 is 10.1 Å². The minimum atomic E-state index is -0.744. The molecule has 6 heteroatoms. The molecule has 2 aromatic carbocycles. The third-order valence-electron chi connectivity index (χ3n) is 5.08. The van der Waals surface area contributed by atoms with Crippen molar-refractivity contribution in [3.8, 4) is 5.75 Å². The monoisotopic (exact) mass is 393 g/mol. The zero-order valence-corrected chi connectivity index (χ0v) is 16.1. The fourth-order valence-corrected chi connectivity index (χ4v) is 3.60. The van der Waals surface area contributed by atoms with Crippen LogP contribution in [0.4, 0.5) is 4.39 Å². The van der Waals surface area contributed by atoms with Gasteiger partial charge in [0.05, 0.1) is 5.02 Å². The Kier molecular flexibility index (Phi) is 6.71. The molecule has 0 aliphatic carbocycles. The van der Waals surface area contributed by atoms with E-state index < -0.39 is 12.3 Å². The van der Waals surface area contributed by atoms with E-state index in [-0.39, 0.29) is 11.2 Å². The highest BCUT2D eigenvalue weighted by Crippen LogP contribution is 2.35. The van der Waals surface area contributed by atoms with Crippen LogP contribution in [0.3, 0.4) is 0 Å². The van der Waals surface area contributed by atoms with Gasteiger partial charge in [-0.1, -0.05) is 35.9 Å². The molecule has 1 saturated heterocycles. The molecule has 2 N–H and O–H groups in total. The van der Waals surface area contributed by atoms with Crippen LogP contribution in [0.2, 0.25) is 5.02 Å². The van der Waals surface area contributed by atoms with Gasteiger partial charge in [-0.05, 0) is 49.6 Å². The molecular formula is C21H25ClFNO3. The molecule has 1 heterocycles. The van der Waals surface area contributed by atoms with Crippen LogP contribution in [-0.2, 0) is 10.2 Å². The summed E-state index contributed by atoms with van der Waals surface area (Å²) in [6, 6.07) is 13.8. The van der Waals surface area contributed by atoms with E-state index in [0.717, 1.165) is 18.4 Å². The molecule has 0 bridgehead atoms. The van der Waals surface area contributed by atoms with Crippen molar-refractivity contribution in [3.05, 3.63) is 64.9 Å². The molecule has 1 aliphatic heterocycles. The summed E-state index contributed by atoms with van der Waals surface area (Å²) in [6.45, 7) is 3.53. The Bertz CT molecular complexity index is 732. The van der Waals surface area contributed by atoms with Gasteiger partial charge in [0.1, 0.15) is 17.7 Å². The van der Waals surface area contributed by atoms with Crippen molar-refractivity contribution in [1.82, 2.24) is 5.32 Å². The number of hydrogen-bond donors (Lipinski definition) is 2. The number of nitrogens with one attached hydrogen (secondary N) is 1. The lowest BCUT2D eigenvalue weighted by atomic mass is 9.74. The van der Waals surface area contributed by atoms with Gasteiger partial charge >= 0.3 is 0 Å². The maximum atomic E-state index is 13.4. The van der Waals surface area contributed by atoms with Crippen LogP contribution >= 0.6 is 11.6 Å². The van der Waals surface area contributed by atoms with E-state index in [4.69, 9.17) is 21.1 Å². The molecule has 0 saturated carbocycles. The molecule has 0 amide bonds. The van der Waals surface area contributed by atoms with Gasteiger partial charge in [0.15, 0.2) is 6.23 Å². The topological polar surface area (TPSA) is 50.7 Å². The zero-order valence-electron chi connectivity index (χ0n) is 15.3. The summed E-state index contributed by atoms with van der Waals surface area (Å²) >= 11 is 6.17. The van der Waals surface area contributed by atoms with Crippen LogP contribution in [0.5, 0.6) is 5.75 Å². The summed E-state index contributed by atoms with van der Waals surface area (Å²) in [6.07, 6.45) is 0.255. The summed E-state index contributed by atoms with van der Waals surface area (Å²) in [5, 5.41) is 14.0. The Morgan fingerprint density at radius 1 is 1.19 bits per heavy atom. The highest BCUT2D eigenvalue weighted by Gasteiger charge is 2.35. The van der Waals surface area contributed by atoms with E-state index >= 15 is 0 Å². The third-order valence-corrected chi connectivity index (χ3v) is 5.39. The summed E-state index contributed by atoms with van der Waals surface area (Å²) in [5.74, 6) is 0.262. The Hall–Kier alpha value is -1.66. The molecule has 27 heavy (non-hydrogen) atoms. The van der Waals surface area contributed by atoms with Gasteiger partial charge in [-0.15, -0.1) is 0 Å². The van der Waals surface area contributed by atoms with Gasteiger partial charge in [-0.2, -0.15) is 0 Å². The fourth-order valence-electron chi connectivity index (χ4n) is 3.42. The summed E-state index contributed by atoms with van der Waals surface area (Å²) in [4.78, 5) is 0. The summed E-state index contributed by atoms with van der Waals surface area (Å²) in [7, 11) is 0. The maximum absolute atomic E-state index is 13.4. The minimum Gasteiger partial charge on any atom is -0.471 e. The molecule has 1 fully saturated rings. The highest BCUT2D eigenvalue weighted by molar-refractivity contribution is 6.32. The molecule has 2 aromatic rings. The van der Waals surface area contributed by atoms with Crippen LogP contribution in [0.15, 0.2) is 48.5 Å². The minimum absolute atomic E-state index is 0.205. The van der Waals surface area contributed by atoms with Gasteiger partial charge in [-0.25, -0.2) is 4.39 Å². The molecule has 3 rings (SSSR count).